The molecule has 0 amide bonds. The van der Waals surface area contributed by atoms with Gasteiger partial charge in [-0.1, -0.05) is 6.92 Å². The monoisotopic (exact) mass is 265 g/mol. The SMILES string of the molecule is CCC(N)c1c(C)nn(CCOC(F)(F)F)c1C. The van der Waals surface area contributed by atoms with Crippen molar-refractivity contribution in [1.82, 2.24) is 9.78 Å². The first kappa shape index (κ1) is 15.0. The lowest BCUT2D eigenvalue weighted by molar-refractivity contribution is -0.325. The zero-order valence-electron chi connectivity index (χ0n) is 10.7. The third-order valence-corrected chi connectivity index (χ3v) is 2.82. The molecule has 2 N–H and O–H groups in total. The summed E-state index contributed by atoms with van der Waals surface area (Å²) >= 11 is 0. The highest BCUT2D eigenvalue weighted by Crippen LogP contribution is 2.22. The van der Waals surface area contributed by atoms with E-state index < -0.39 is 13.0 Å². The van der Waals surface area contributed by atoms with Gasteiger partial charge in [0.05, 0.1) is 18.8 Å². The first-order chi connectivity index (χ1) is 8.26. The molecule has 0 aliphatic carbocycles. The highest BCUT2D eigenvalue weighted by atomic mass is 19.4. The summed E-state index contributed by atoms with van der Waals surface area (Å²) in [4.78, 5) is 0. The summed E-state index contributed by atoms with van der Waals surface area (Å²) in [5, 5.41) is 4.19. The van der Waals surface area contributed by atoms with Crippen LogP contribution >= 0.6 is 0 Å². The highest BCUT2D eigenvalue weighted by Gasteiger charge is 2.29. The quantitative estimate of drug-likeness (QED) is 0.889. The van der Waals surface area contributed by atoms with Gasteiger partial charge in [-0.25, -0.2) is 0 Å². The van der Waals surface area contributed by atoms with Crippen LogP contribution in [0.1, 0.15) is 36.3 Å². The highest BCUT2D eigenvalue weighted by molar-refractivity contribution is 5.27. The third-order valence-electron chi connectivity index (χ3n) is 2.82. The maximum absolute atomic E-state index is 11.9. The maximum atomic E-state index is 11.9. The zero-order valence-corrected chi connectivity index (χ0v) is 10.7. The predicted molar refractivity (Wildman–Crippen MR) is 60.9 cm³/mol. The van der Waals surface area contributed by atoms with Gasteiger partial charge in [0.2, 0.25) is 0 Å². The standard InChI is InChI=1S/C11H18F3N3O/c1-4-9(15)10-7(2)16-17(8(10)3)5-6-18-11(12,13)14/h9H,4-6,15H2,1-3H3. The number of nitrogens with two attached hydrogens (primary N) is 1. The lowest BCUT2D eigenvalue weighted by Gasteiger charge is -2.11. The molecular formula is C11H18F3N3O. The Hall–Kier alpha value is -1.08. The minimum atomic E-state index is -4.60. The van der Waals surface area contributed by atoms with Crippen LogP contribution in [-0.4, -0.2) is 22.7 Å². The molecule has 0 aliphatic heterocycles. The first-order valence-corrected chi connectivity index (χ1v) is 5.76. The van der Waals surface area contributed by atoms with E-state index in [1.807, 2.05) is 6.92 Å². The lowest BCUT2D eigenvalue weighted by atomic mass is 10.0. The van der Waals surface area contributed by atoms with Crippen LogP contribution in [0.25, 0.3) is 0 Å². The van der Waals surface area contributed by atoms with E-state index in [-0.39, 0.29) is 12.6 Å². The summed E-state index contributed by atoms with van der Waals surface area (Å²) in [5.74, 6) is 0. The molecule has 1 rings (SSSR count). The molecule has 1 unspecified atom stereocenters. The molecule has 0 radical (unpaired) electrons. The minimum absolute atomic E-state index is 0.0582. The Labute approximate surface area is 104 Å². The van der Waals surface area contributed by atoms with Crippen LogP contribution in [0.3, 0.4) is 0 Å². The topological polar surface area (TPSA) is 53.1 Å². The fourth-order valence-corrected chi connectivity index (χ4v) is 1.92. The second kappa shape index (κ2) is 5.71. The van der Waals surface area contributed by atoms with Crippen LogP contribution in [-0.2, 0) is 11.3 Å². The molecule has 0 saturated carbocycles. The minimum Gasteiger partial charge on any atom is -0.324 e. The molecule has 18 heavy (non-hydrogen) atoms. The first-order valence-electron chi connectivity index (χ1n) is 5.76. The Balaban J connectivity index is 2.74. The van der Waals surface area contributed by atoms with Crippen LogP contribution in [0.5, 0.6) is 0 Å². The van der Waals surface area contributed by atoms with Crippen LogP contribution < -0.4 is 5.73 Å². The number of rotatable bonds is 5. The molecule has 0 saturated heterocycles. The van der Waals surface area contributed by atoms with Crippen molar-refractivity contribution in [3.8, 4) is 0 Å². The van der Waals surface area contributed by atoms with Crippen molar-refractivity contribution in [3.05, 3.63) is 17.0 Å². The molecule has 104 valence electrons. The van der Waals surface area contributed by atoms with Gasteiger partial charge in [-0.05, 0) is 20.3 Å². The summed E-state index contributed by atoms with van der Waals surface area (Å²) in [6.45, 7) is 5.17. The fourth-order valence-electron chi connectivity index (χ4n) is 1.92. The molecule has 1 heterocycles. The van der Waals surface area contributed by atoms with Gasteiger partial charge in [0.25, 0.3) is 0 Å². The number of aromatic nitrogens is 2. The Kier molecular flexibility index (Phi) is 4.75. The summed E-state index contributed by atoms with van der Waals surface area (Å²) in [6, 6.07) is -0.137. The van der Waals surface area contributed by atoms with Crippen LogP contribution in [0.4, 0.5) is 13.2 Å². The molecule has 0 bridgehead atoms. The Morgan fingerprint density at radius 2 is 2.00 bits per heavy atom. The molecule has 4 nitrogen and oxygen atoms in total. The average molecular weight is 265 g/mol. The van der Waals surface area contributed by atoms with Gasteiger partial charge < -0.3 is 5.73 Å². The molecule has 0 aromatic carbocycles. The summed E-state index contributed by atoms with van der Waals surface area (Å²) < 4.78 is 40.8. The van der Waals surface area contributed by atoms with Crippen molar-refractivity contribution in [1.29, 1.82) is 0 Å². The van der Waals surface area contributed by atoms with E-state index in [4.69, 9.17) is 5.73 Å². The maximum Gasteiger partial charge on any atom is 0.522 e. The smallest absolute Gasteiger partial charge is 0.324 e. The van der Waals surface area contributed by atoms with Gasteiger partial charge in [0.15, 0.2) is 0 Å². The molecule has 0 fully saturated rings. The van der Waals surface area contributed by atoms with E-state index in [1.165, 1.54) is 4.68 Å². The fraction of sp³-hybridized carbons (Fsp3) is 0.727. The van der Waals surface area contributed by atoms with Gasteiger partial charge in [-0.2, -0.15) is 5.10 Å². The second-order valence-corrected chi connectivity index (χ2v) is 4.12. The van der Waals surface area contributed by atoms with E-state index in [0.29, 0.717) is 0 Å². The normalized spacial score (nSPS) is 13.9. The van der Waals surface area contributed by atoms with E-state index >= 15 is 0 Å². The van der Waals surface area contributed by atoms with Crippen molar-refractivity contribution >= 4 is 0 Å². The zero-order chi connectivity index (χ0) is 13.9. The summed E-state index contributed by atoms with van der Waals surface area (Å²) in [5.41, 5.74) is 8.41. The molecule has 1 aromatic heterocycles. The van der Waals surface area contributed by atoms with Crippen molar-refractivity contribution in [2.45, 2.75) is 46.1 Å². The van der Waals surface area contributed by atoms with E-state index in [0.717, 1.165) is 23.4 Å². The van der Waals surface area contributed by atoms with Crippen LogP contribution in [0, 0.1) is 13.8 Å². The van der Waals surface area contributed by atoms with Crippen molar-refractivity contribution in [3.63, 3.8) is 0 Å². The van der Waals surface area contributed by atoms with Crippen LogP contribution in [0.2, 0.25) is 0 Å². The van der Waals surface area contributed by atoms with Crippen molar-refractivity contribution in [2.75, 3.05) is 6.61 Å². The number of hydrogen-bond donors (Lipinski definition) is 1. The third kappa shape index (κ3) is 3.71. The van der Waals surface area contributed by atoms with Crippen molar-refractivity contribution < 1.29 is 17.9 Å². The molecule has 0 spiro atoms. The second-order valence-electron chi connectivity index (χ2n) is 4.12. The Morgan fingerprint density at radius 3 is 2.50 bits per heavy atom. The van der Waals surface area contributed by atoms with Crippen molar-refractivity contribution in [2.24, 2.45) is 5.73 Å². The van der Waals surface area contributed by atoms with E-state index in [1.54, 1.807) is 13.8 Å². The molecule has 0 aliphatic rings. The summed E-state index contributed by atoms with van der Waals surface area (Å²) in [6.07, 6.45) is -3.84. The number of alkyl halides is 3. The largest absolute Gasteiger partial charge is 0.522 e. The summed E-state index contributed by atoms with van der Waals surface area (Å²) in [7, 11) is 0. The van der Waals surface area contributed by atoms with Gasteiger partial charge in [-0.15, -0.1) is 13.2 Å². The van der Waals surface area contributed by atoms with E-state index in [9.17, 15) is 13.2 Å². The van der Waals surface area contributed by atoms with Gasteiger partial charge in [0, 0.05) is 17.3 Å². The molecular weight excluding hydrogens is 247 g/mol. The Bertz CT molecular complexity index is 401. The Morgan fingerprint density at radius 1 is 1.39 bits per heavy atom. The number of aryl methyl sites for hydroxylation is 1. The molecule has 7 heteroatoms. The lowest BCUT2D eigenvalue weighted by Crippen LogP contribution is -2.18. The average Bonchev–Trinajstić information content (AvgIpc) is 2.52. The van der Waals surface area contributed by atoms with Crippen LogP contribution in [0.15, 0.2) is 0 Å². The van der Waals surface area contributed by atoms with E-state index in [2.05, 4.69) is 9.84 Å². The molecule has 1 aromatic rings. The number of halogens is 3. The van der Waals surface area contributed by atoms with Gasteiger partial charge in [-0.3, -0.25) is 9.42 Å². The number of nitrogens with zero attached hydrogens (tertiary/aromatic N) is 2. The number of hydrogen-bond acceptors (Lipinski definition) is 3. The number of ether oxygens (including phenoxy) is 1. The predicted octanol–water partition coefficient (Wildman–Crippen LogP) is 2.45. The molecule has 1 atom stereocenters. The van der Waals surface area contributed by atoms with Gasteiger partial charge >= 0.3 is 6.36 Å². The van der Waals surface area contributed by atoms with Gasteiger partial charge in [0.1, 0.15) is 0 Å².